The smallest absolute Gasteiger partial charge is 0.341 e. The summed E-state index contributed by atoms with van der Waals surface area (Å²) in [5, 5.41) is 0. The van der Waals surface area contributed by atoms with E-state index in [0.29, 0.717) is 5.52 Å². The summed E-state index contributed by atoms with van der Waals surface area (Å²) in [6.45, 7) is 3.69. The van der Waals surface area contributed by atoms with Crippen molar-refractivity contribution < 1.29 is 19.1 Å². The van der Waals surface area contributed by atoms with Crippen molar-refractivity contribution in [3.05, 3.63) is 70.3 Å². The number of aromatic nitrogens is 2. The van der Waals surface area contributed by atoms with Gasteiger partial charge in [0.05, 0.1) is 28.8 Å². The number of carbonyl (C=O) groups excluding carboxylic acids is 3. The highest BCUT2D eigenvalue weighted by atomic mass is 16.5. The van der Waals surface area contributed by atoms with Crippen molar-refractivity contribution in [2.45, 2.75) is 13.8 Å². The van der Waals surface area contributed by atoms with Crippen molar-refractivity contribution in [2.24, 2.45) is 0 Å². The Hall–Kier alpha value is -3.28. The molecule has 3 heterocycles. The van der Waals surface area contributed by atoms with Crippen LogP contribution in [0.25, 0.3) is 5.52 Å². The number of fused-ring (bicyclic) bond motifs is 4. The molecule has 0 spiro atoms. The van der Waals surface area contributed by atoms with E-state index in [0.717, 1.165) is 5.56 Å². The maximum atomic E-state index is 13.0. The van der Waals surface area contributed by atoms with Crippen LogP contribution >= 0.6 is 0 Å². The van der Waals surface area contributed by atoms with Crippen molar-refractivity contribution in [1.29, 1.82) is 0 Å². The van der Waals surface area contributed by atoms with Crippen molar-refractivity contribution in [3.63, 3.8) is 0 Å². The maximum Gasteiger partial charge on any atom is 0.341 e. The Morgan fingerprint density at radius 2 is 2.00 bits per heavy atom. The molecule has 0 N–H and O–H groups in total. The topological polar surface area (TPSA) is 77.7 Å². The summed E-state index contributed by atoms with van der Waals surface area (Å²) in [4.78, 5) is 42.7. The van der Waals surface area contributed by atoms with Crippen LogP contribution in [-0.2, 0) is 4.74 Å². The number of nitrogens with zero attached hydrogens (tertiary/aromatic N) is 2. The Morgan fingerprint density at radius 1 is 1.20 bits per heavy atom. The van der Waals surface area contributed by atoms with Gasteiger partial charge in [-0.25, -0.2) is 4.79 Å². The molecule has 0 bridgehead atoms. The number of esters is 1. The molecule has 3 aromatic rings. The number of rotatable bonds is 2. The normalized spacial score (nSPS) is 12.9. The number of ether oxygens (including phenoxy) is 1. The first kappa shape index (κ1) is 15.3. The lowest BCUT2D eigenvalue weighted by Crippen LogP contribution is -2.24. The van der Waals surface area contributed by atoms with Crippen molar-refractivity contribution in [1.82, 2.24) is 9.38 Å². The highest BCUT2D eigenvalue weighted by Gasteiger charge is 2.39. The molecular formula is C19H14N2O4. The molecule has 3 aromatic heterocycles. The van der Waals surface area contributed by atoms with Gasteiger partial charge in [0.2, 0.25) is 11.6 Å². The molecule has 6 heteroatoms. The van der Waals surface area contributed by atoms with E-state index in [-0.39, 0.29) is 40.5 Å². The fourth-order valence-corrected chi connectivity index (χ4v) is 3.34. The van der Waals surface area contributed by atoms with Crippen molar-refractivity contribution in [3.8, 4) is 0 Å². The van der Waals surface area contributed by atoms with E-state index in [1.807, 2.05) is 13.0 Å². The summed E-state index contributed by atoms with van der Waals surface area (Å²) in [5.74, 6) is -1.37. The second-order valence-electron chi connectivity index (χ2n) is 5.79. The Balaban J connectivity index is 2.15. The van der Waals surface area contributed by atoms with Gasteiger partial charge in [0.15, 0.2) is 0 Å². The van der Waals surface area contributed by atoms with Gasteiger partial charge in [0, 0.05) is 12.4 Å². The van der Waals surface area contributed by atoms with Crippen LogP contribution in [0.5, 0.6) is 0 Å². The Kier molecular flexibility index (Phi) is 3.28. The van der Waals surface area contributed by atoms with E-state index in [4.69, 9.17) is 4.74 Å². The van der Waals surface area contributed by atoms with Gasteiger partial charge in [-0.2, -0.15) is 0 Å². The van der Waals surface area contributed by atoms with E-state index in [1.54, 1.807) is 35.7 Å². The van der Waals surface area contributed by atoms with Gasteiger partial charge in [-0.1, -0.05) is 6.07 Å². The van der Waals surface area contributed by atoms with Gasteiger partial charge >= 0.3 is 5.97 Å². The predicted molar refractivity (Wildman–Crippen MR) is 89.2 cm³/mol. The number of pyridine rings is 2. The first-order valence-electron chi connectivity index (χ1n) is 7.91. The van der Waals surface area contributed by atoms with E-state index in [1.165, 1.54) is 6.20 Å². The van der Waals surface area contributed by atoms with Crippen LogP contribution in [0.2, 0.25) is 0 Å². The molecule has 0 radical (unpaired) electrons. The largest absolute Gasteiger partial charge is 0.462 e. The zero-order valence-electron chi connectivity index (χ0n) is 13.7. The maximum absolute atomic E-state index is 13.0. The highest BCUT2D eigenvalue weighted by Crippen LogP contribution is 2.34. The molecule has 0 amide bonds. The van der Waals surface area contributed by atoms with Crippen LogP contribution in [0, 0.1) is 6.92 Å². The van der Waals surface area contributed by atoms with E-state index in [2.05, 4.69) is 4.98 Å². The number of carbonyl (C=O) groups is 3. The molecule has 124 valence electrons. The van der Waals surface area contributed by atoms with Crippen LogP contribution in [0.1, 0.15) is 54.9 Å². The van der Waals surface area contributed by atoms with Crippen LogP contribution in [0.3, 0.4) is 0 Å². The average molecular weight is 334 g/mol. The zero-order chi connectivity index (χ0) is 17.7. The summed E-state index contributed by atoms with van der Waals surface area (Å²) in [7, 11) is 0. The summed E-state index contributed by atoms with van der Waals surface area (Å²) in [6, 6.07) is 6.78. The van der Waals surface area contributed by atoms with Crippen molar-refractivity contribution >= 4 is 23.1 Å². The number of aryl methyl sites for hydroxylation is 1. The lowest BCUT2D eigenvalue weighted by Gasteiger charge is -2.14. The van der Waals surface area contributed by atoms with E-state index in [9.17, 15) is 14.4 Å². The van der Waals surface area contributed by atoms with Crippen LogP contribution in [-0.4, -0.2) is 33.5 Å². The molecule has 0 atom stereocenters. The molecule has 4 rings (SSSR count). The molecule has 0 fully saturated rings. The third-order valence-electron chi connectivity index (χ3n) is 4.35. The SMILES string of the molecule is CCOC(=O)c1c2c(n3cccc(C)c13)C(=O)c1cccnc1C2=O. The predicted octanol–water partition coefficient (Wildman–Crippen LogP) is 2.59. The Labute approximate surface area is 143 Å². The second-order valence-corrected chi connectivity index (χ2v) is 5.79. The third kappa shape index (κ3) is 1.97. The summed E-state index contributed by atoms with van der Waals surface area (Å²) < 4.78 is 6.76. The Morgan fingerprint density at radius 3 is 2.76 bits per heavy atom. The molecule has 0 aromatic carbocycles. The number of ketones is 2. The molecule has 0 saturated carbocycles. The van der Waals surface area contributed by atoms with Crippen molar-refractivity contribution in [2.75, 3.05) is 6.61 Å². The average Bonchev–Trinajstić information content (AvgIpc) is 2.97. The molecular weight excluding hydrogens is 320 g/mol. The lowest BCUT2D eigenvalue weighted by molar-refractivity contribution is 0.0526. The lowest BCUT2D eigenvalue weighted by atomic mass is 9.89. The minimum atomic E-state index is -0.615. The van der Waals surface area contributed by atoms with E-state index < -0.39 is 11.8 Å². The molecule has 1 aliphatic rings. The van der Waals surface area contributed by atoms with Gasteiger partial charge < -0.3 is 9.14 Å². The zero-order valence-corrected chi connectivity index (χ0v) is 13.7. The molecule has 25 heavy (non-hydrogen) atoms. The minimum absolute atomic E-state index is 0.0686. The highest BCUT2D eigenvalue weighted by molar-refractivity contribution is 6.31. The standard InChI is InChI=1S/C19H14N2O4/c1-3-25-19(24)13-12-16(21-9-5-6-10(2)15(13)21)17(22)11-7-4-8-20-14(11)18(12)23/h4-9H,3H2,1-2H3. The first-order chi connectivity index (χ1) is 12.1. The monoisotopic (exact) mass is 334 g/mol. The van der Waals surface area contributed by atoms with E-state index >= 15 is 0 Å². The van der Waals surface area contributed by atoms with Gasteiger partial charge in [-0.05, 0) is 37.6 Å². The number of hydrogen-bond donors (Lipinski definition) is 0. The summed E-state index contributed by atoms with van der Waals surface area (Å²) in [6.07, 6.45) is 3.14. The molecule has 0 aliphatic heterocycles. The minimum Gasteiger partial charge on any atom is -0.462 e. The van der Waals surface area contributed by atoms with Gasteiger partial charge in [-0.15, -0.1) is 0 Å². The number of hydrogen-bond acceptors (Lipinski definition) is 5. The van der Waals surface area contributed by atoms with Crippen LogP contribution in [0.4, 0.5) is 0 Å². The van der Waals surface area contributed by atoms with Gasteiger partial charge in [-0.3, -0.25) is 14.6 Å². The quantitative estimate of drug-likeness (QED) is 0.527. The summed E-state index contributed by atoms with van der Waals surface area (Å²) >= 11 is 0. The first-order valence-corrected chi connectivity index (χ1v) is 7.91. The van der Waals surface area contributed by atoms with Gasteiger partial charge in [0.1, 0.15) is 11.4 Å². The third-order valence-corrected chi connectivity index (χ3v) is 4.35. The van der Waals surface area contributed by atoms with Crippen LogP contribution in [0.15, 0.2) is 36.7 Å². The summed E-state index contributed by atoms with van der Waals surface area (Å²) in [5.41, 5.74) is 1.99. The fourth-order valence-electron chi connectivity index (χ4n) is 3.34. The van der Waals surface area contributed by atoms with Crippen LogP contribution < -0.4 is 0 Å². The molecule has 6 nitrogen and oxygen atoms in total. The molecule has 1 aliphatic carbocycles. The Bertz CT molecular complexity index is 1080. The fraction of sp³-hybridized carbons (Fsp3) is 0.158. The van der Waals surface area contributed by atoms with Gasteiger partial charge in [0.25, 0.3) is 0 Å². The molecule has 0 saturated heterocycles. The second kappa shape index (κ2) is 5.37. The molecule has 0 unspecified atom stereocenters.